The number of pyridine rings is 1. The molecule has 2 aromatic rings. The van der Waals surface area contributed by atoms with Crippen LogP contribution in [-0.4, -0.2) is 64.0 Å². The number of nitrogens with one attached hydrogen (secondary N) is 1. The standard InChI is InChI=1S/C16H21ClN4O3S2/c1-2-3-5-21(12-4-6-26(23,24)10-12)14(22)9-25-16-19-13-7-11(17)8-18-15(13)20-16/h7-8,12H,2-6,9-10H2,1H3,(H,18,19,20)/t12-/m0/s1. The van der Waals surface area contributed by atoms with Crippen LogP contribution in [0.5, 0.6) is 0 Å². The van der Waals surface area contributed by atoms with Gasteiger partial charge in [-0.15, -0.1) is 0 Å². The lowest BCUT2D eigenvalue weighted by molar-refractivity contribution is -0.130. The predicted molar refractivity (Wildman–Crippen MR) is 103 cm³/mol. The molecule has 0 aliphatic carbocycles. The van der Waals surface area contributed by atoms with Gasteiger partial charge in [-0.2, -0.15) is 0 Å². The van der Waals surface area contributed by atoms with Gasteiger partial charge in [-0.25, -0.2) is 18.4 Å². The van der Waals surface area contributed by atoms with E-state index in [0.717, 1.165) is 18.4 Å². The Balaban J connectivity index is 1.66. The van der Waals surface area contributed by atoms with Crippen molar-refractivity contribution in [3.63, 3.8) is 0 Å². The van der Waals surface area contributed by atoms with Crippen LogP contribution in [-0.2, 0) is 14.6 Å². The van der Waals surface area contributed by atoms with Crippen molar-refractivity contribution >= 4 is 50.3 Å². The Morgan fingerprint density at radius 3 is 3.00 bits per heavy atom. The molecule has 0 unspecified atom stereocenters. The predicted octanol–water partition coefficient (Wildman–Crippen LogP) is 2.52. The zero-order chi connectivity index (χ0) is 18.7. The molecule has 1 aliphatic heterocycles. The number of aromatic nitrogens is 3. The van der Waals surface area contributed by atoms with Crippen LogP contribution in [0.15, 0.2) is 17.4 Å². The van der Waals surface area contributed by atoms with Gasteiger partial charge < -0.3 is 9.88 Å². The number of H-pyrrole nitrogens is 1. The van der Waals surface area contributed by atoms with Crippen LogP contribution < -0.4 is 0 Å². The summed E-state index contributed by atoms with van der Waals surface area (Å²) in [5, 5.41) is 1.11. The van der Waals surface area contributed by atoms with E-state index < -0.39 is 9.84 Å². The fourth-order valence-corrected chi connectivity index (χ4v) is 5.64. The van der Waals surface area contributed by atoms with Crippen LogP contribution in [0.4, 0.5) is 0 Å². The van der Waals surface area contributed by atoms with Crippen LogP contribution in [0.2, 0.25) is 5.02 Å². The molecule has 0 aromatic carbocycles. The van der Waals surface area contributed by atoms with E-state index in [2.05, 4.69) is 21.9 Å². The number of rotatable bonds is 7. The summed E-state index contributed by atoms with van der Waals surface area (Å²) in [5.41, 5.74) is 1.27. The lowest BCUT2D eigenvalue weighted by Gasteiger charge is -2.28. The molecule has 0 spiro atoms. The number of carbonyl (C=O) groups excluding carboxylic acids is 1. The molecule has 0 bridgehead atoms. The minimum Gasteiger partial charge on any atom is -0.338 e. The summed E-state index contributed by atoms with van der Waals surface area (Å²) in [6.07, 6.45) is 3.86. The van der Waals surface area contributed by atoms with E-state index in [1.807, 2.05) is 0 Å². The number of imidazole rings is 1. The molecular weight excluding hydrogens is 396 g/mol. The SMILES string of the molecule is CCCCN(C(=O)CSc1nc2ncc(Cl)cc2[nH]1)[C@H]1CCS(=O)(=O)C1. The average Bonchev–Trinajstić information content (AvgIpc) is 3.15. The second-order valence-corrected chi connectivity index (χ2v) is 9.98. The number of amides is 1. The van der Waals surface area contributed by atoms with Gasteiger partial charge in [-0.1, -0.05) is 36.7 Å². The molecule has 3 heterocycles. The molecule has 2 aromatic heterocycles. The Kier molecular flexibility index (Phi) is 6.09. The van der Waals surface area contributed by atoms with Gasteiger partial charge in [-0.3, -0.25) is 4.79 Å². The molecule has 0 saturated carbocycles. The largest absolute Gasteiger partial charge is 0.338 e. The summed E-state index contributed by atoms with van der Waals surface area (Å²) in [7, 11) is -3.03. The number of hydrogen-bond donors (Lipinski definition) is 1. The van der Waals surface area contributed by atoms with E-state index in [4.69, 9.17) is 11.6 Å². The van der Waals surface area contributed by atoms with E-state index in [0.29, 0.717) is 28.8 Å². The number of aromatic amines is 1. The van der Waals surface area contributed by atoms with Gasteiger partial charge in [-0.05, 0) is 18.9 Å². The number of nitrogens with zero attached hydrogens (tertiary/aromatic N) is 3. The second-order valence-electron chi connectivity index (χ2n) is 6.35. The highest BCUT2D eigenvalue weighted by molar-refractivity contribution is 7.99. The fraction of sp³-hybridized carbons (Fsp3) is 0.562. The third-order valence-electron chi connectivity index (χ3n) is 4.34. The van der Waals surface area contributed by atoms with E-state index >= 15 is 0 Å². The first-order valence-electron chi connectivity index (χ1n) is 8.52. The van der Waals surface area contributed by atoms with Gasteiger partial charge in [0.05, 0.1) is 27.8 Å². The van der Waals surface area contributed by atoms with Gasteiger partial charge in [0.15, 0.2) is 20.6 Å². The van der Waals surface area contributed by atoms with Crippen LogP contribution in [0, 0.1) is 0 Å². The van der Waals surface area contributed by atoms with Gasteiger partial charge in [0.25, 0.3) is 0 Å². The van der Waals surface area contributed by atoms with Crippen molar-refractivity contribution < 1.29 is 13.2 Å². The summed E-state index contributed by atoms with van der Waals surface area (Å²) in [5.74, 6) is 0.377. The molecular formula is C16H21ClN4O3S2. The molecule has 1 atom stereocenters. The third-order valence-corrected chi connectivity index (χ3v) is 7.15. The summed E-state index contributed by atoms with van der Waals surface area (Å²) in [6.45, 7) is 2.64. The highest BCUT2D eigenvalue weighted by atomic mass is 35.5. The maximum absolute atomic E-state index is 12.7. The van der Waals surface area contributed by atoms with E-state index in [1.165, 1.54) is 18.0 Å². The van der Waals surface area contributed by atoms with Crippen molar-refractivity contribution in [2.75, 3.05) is 23.8 Å². The highest BCUT2D eigenvalue weighted by Crippen LogP contribution is 2.23. The maximum Gasteiger partial charge on any atom is 0.233 e. The Labute approximate surface area is 161 Å². The average molecular weight is 417 g/mol. The molecule has 1 N–H and O–H groups in total. The number of hydrogen-bond acceptors (Lipinski definition) is 6. The molecule has 1 aliphatic rings. The van der Waals surface area contributed by atoms with Crippen molar-refractivity contribution in [3.05, 3.63) is 17.3 Å². The van der Waals surface area contributed by atoms with Gasteiger partial charge in [0.2, 0.25) is 5.91 Å². The molecule has 1 amide bonds. The maximum atomic E-state index is 12.7. The van der Waals surface area contributed by atoms with Crippen LogP contribution in [0.1, 0.15) is 26.2 Å². The monoisotopic (exact) mass is 416 g/mol. The number of thioether (sulfide) groups is 1. The summed E-state index contributed by atoms with van der Waals surface area (Å²) in [4.78, 5) is 26.0. The number of fused-ring (bicyclic) bond motifs is 1. The molecule has 26 heavy (non-hydrogen) atoms. The first-order valence-corrected chi connectivity index (χ1v) is 11.7. The first-order chi connectivity index (χ1) is 12.4. The van der Waals surface area contributed by atoms with E-state index in [9.17, 15) is 13.2 Å². The molecule has 7 nitrogen and oxygen atoms in total. The lowest BCUT2D eigenvalue weighted by Crippen LogP contribution is -2.42. The minimum atomic E-state index is -3.03. The Hall–Kier alpha value is -1.32. The van der Waals surface area contributed by atoms with Gasteiger partial charge >= 0.3 is 0 Å². The van der Waals surface area contributed by atoms with Crippen molar-refractivity contribution in [1.29, 1.82) is 0 Å². The number of halogens is 1. The fourth-order valence-electron chi connectivity index (χ4n) is 2.99. The molecule has 3 rings (SSSR count). The first kappa shape index (κ1) is 19.4. The van der Waals surface area contributed by atoms with Crippen molar-refractivity contribution in [1.82, 2.24) is 19.9 Å². The lowest BCUT2D eigenvalue weighted by atomic mass is 10.2. The Bertz CT molecular complexity index is 900. The molecule has 1 fully saturated rings. The molecule has 142 valence electrons. The van der Waals surface area contributed by atoms with Gasteiger partial charge in [0.1, 0.15) is 0 Å². The van der Waals surface area contributed by atoms with E-state index in [-0.39, 0.29) is 29.2 Å². The normalized spacial score (nSPS) is 19.1. The third kappa shape index (κ3) is 4.69. The number of sulfone groups is 1. The summed E-state index contributed by atoms with van der Waals surface area (Å²) >= 11 is 7.20. The van der Waals surface area contributed by atoms with Crippen molar-refractivity contribution in [2.45, 2.75) is 37.4 Å². The smallest absolute Gasteiger partial charge is 0.233 e. The van der Waals surface area contributed by atoms with Crippen LogP contribution in [0.3, 0.4) is 0 Å². The highest BCUT2D eigenvalue weighted by Gasteiger charge is 2.34. The number of carbonyl (C=O) groups is 1. The van der Waals surface area contributed by atoms with Crippen LogP contribution in [0.25, 0.3) is 11.2 Å². The zero-order valence-electron chi connectivity index (χ0n) is 14.4. The zero-order valence-corrected chi connectivity index (χ0v) is 16.8. The molecule has 0 radical (unpaired) electrons. The minimum absolute atomic E-state index is 0.0583. The number of unbranched alkanes of at least 4 members (excludes halogenated alkanes) is 1. The van der Waals surface area contributed by atoms with Crippen LogP contribution >= 0.6 is 23.4 Å². The summed E-state index contributed by atoms with van der Waals surface area (Å²) < 4.78 is 23.5. The van der Waals surface area contributed by atoms with Crippen molar-refractivity contribution in [3.8, 4) is 0 Å². The molecule has 1 saturated heterocycles. The summed E-state index contributed by atoms with van der Waals surface area (Å²) in [6, 6.07) is 1.52. The van der Waals surface area contributed by atoms with E-state index in [1.54, 1.807) is 11.0 Å². The Morgan fingerprint density at radius 2 is 2.31 bits per heavy atom. The van der Waals surface area contributed by atoms with Crippen molar-refractivity contribution in [2.24, 2.45) is 0 Å². The quantitative estimate of drug-likeness (QED) is 0.696. The Morgan fingerprint density at radius 1 is 1.50 bits per heavy atom. The topological polar surface area (TPSA) is 96.0 Å². The van der Waals surface area contributed by atoms with Gasteiger partial charge in [0, 0.05) is 18.8 Å². The second kappa shape index (κ2) is 8.14. The molecule has 10 heteroatoms.